The van der Waals surface area contributed by atoms with Gasteiger partial charge in [0.15, 0.2) is 0 Å². The number of esters is 1. The highest BCUT2D eigenvalue weighted by molar-refractivity contribution is 5.90. The summed E-state index contributed by atoms with van der Waals surface area (Å²) in [4.78, 5) is 12.5. The Morgan fingerprint density at radius 3 is 2.45 bits per heavy atom. The van der Waals surface area contributed by atoms with Crippen LogP contribution in [0.25, 0.3) is 0 Å². The maximum absolute atomic E-state index is 12.5. The number of phenols is 1. The lowest BCUT2D eigenvalue weighted by Gasteiger charge is -2.37. The van der Waals surface area contributed by atoms with Crippen molar-refractivity contribution in [2.45, 2.75) is 18.4 Å². The first-order chi connectivity index (χ1) is 10.7. The lowest BCUT2D eigenvalue weighted by atomic mass is 9.84. The minimum atomic E-state index is -0.602. The fourth-order valence-corrected chi connectivity index (χ4v) is 2.89. The van der Waals surface area contributed by atoms with Crippen LogP contribution >= 0.6 is 0 Å². The van der Waals surface area contributed by atoms with Crippen LogP contribution in [0, 0.1) is 0 Å². The third kappa shape index (κ3) is 2.97. The fraction of sp³-hybridized carbons (Fsp3) is 0.278. The van der Waals surface area contributed by atoms with Gasteiger partial charge in [0.2, 0.25) is 0 Å². The Morgan fingerprint density at radius 1 is 1.05 bits per heavy atom. The monoisotopic (exact) mass is 297 g/mol. The van der Waals surface area contributed by atoms with E-state index in [4.69, 9.17) is 4.74 Å². The summed E-state index contributed by atoms with van der Waals surface area (Å²) in [5, 5.41) is 12.8. The van der Waals surface area contributed by atoms with Crippen molar-refractivity contribution in [3.05, 3.63) is 65.7 Å². The van der Waals surface area contributed by atoms with E-state index >= 15 is 0 Å². The highest BCUT2D eigenvalue weighted by atomic mass is 16.6. The topological polar surface area (TPSA) is 58.6 Å². The van der Waals surface area contributed by atoms with Gasteiger partial charge in [-0.05, 0) is 36.9 Å². The minimum absolute atomic E-state index is 0.0634. The predicted molar refractivity (Wildman–Crippen MR) is 83.7 cm³/mol. The van der Waals surface area contributed by atoms with Gasteiger partial charge in [-0.1, -0.05) is 36.4 Å². The molecule has 0 aliphatic carbocycles. The summed E-state index contributed by atoms with van der Waals surface area (Å²) < 4.78 is 5.92. The molecule has 3 rings (SSSR count). The molecule has 0 unspecified atom stereocenters. The van der Waals surface area contributed by atoms with Crippen LogP contribution in [0.3, 0.4) is 0 Å². The molecule has 1 aliphatic heterocycles. The Labute approximate surface area is 129 Å². The van der Waals surface area contributed by atoms with Gasteiger partial charge in [0.1, 0.15) is 11.4 Å². The second-order valence-electron chi connectivity index (χ2n) is 5.55. The zero-order valence-corrected chi connectivity index (χ0v) is 12.3. The molecule has 1 fully saturated rings. The number of carbonyl (C=O) groups is 1. The van der Waals surface area contributed by atoms with E-state index in [0.717, 1.165) is 31.5 Å². The zero-order valence-electron chi connectivity index (χ0n) is 12.3. The number of nitrogens with one attached hydrogen (secondary N) is 1. The molecule has 0 spiro atoms. The second kappa shape index (κ2) is 6.20. The number of rotatable bonds is 3. The Bertz CT molecular complexity index is 648. The SMILES string of the molecule is O=C(OC1(c2ccccc2)CCNCC1)c1cccc(O)c1. The van der Waals surface area contributed by atoms with Crippen LogP contribution in [-0.4, -0.2) is 24.2 Å². The van der Waals surface area contributed by atoms with Gasteiger partial charge in [0, 0.05) is 12.8 Å². The minimum Gasteiger partial charge on any atom is -0.508 e. The van der Waals surface area contributed by atoms with Crippen LogP contribution in [0.1, 0.15) is 28.8 Å². The molecular weight excluding hydrogens is 278 g/mol. The molecule has 0 saturated carbocycles. The van der Waals surface area contributed by atoms with Gasteiger partial charge in [-0.2, -0.15) is 0 Å². The number of piperidine rings is 1. The first-order valence-corrected chi connectivity index (χ1v) is 7.48. The van der Waals surface area contributed by atoms with Crippen LogP contribution in [0.5, 0.6) is 5.75 Å². The summed E-state index contributed by atoms with van der Waals surface area (Å²) in [6.07, 6.45) is 1.48. The Hall–Kier alpha value is -2.33. The summed E-state index contributed by atoms with van der Waals surface area (Å²) >= 11 is 0. The molecule has 2 N–H and O–H groups in total. The summed E-state index contributed by atoms with van der Waals surface area (Å²) in [7, 11) is 0. The fourth-order valence-electron chi connectivity index (χ4n) is 2.89. The molecule has 1 saturated heterocycles. The molecule has 1 heterocycles. The van der Waals surface area contributed by atoms with Crippen molar-refractivity contribution in [1.29, 1.82) is 0 Å². The lowest BCUT2D eigenvalue weighted by Crippen LogP contribution is -2.43. The molecule has 0 atom stereocenters. The smallest absolute Gasteiger partial charge is 0.339 e. The number of aromatic hydroxyl groups is 1. The van der Waals surface area contributed by atoms with Crippen molar-refractivity contribution < 1.29 is 14.6 Å². The molecule has 0 bridgehead atoms. The third-order valence-corrected chi connectivity index (χ3v) is 4.08. The summed E-state index contributed by atoms with van der Waals surface area (Å²) in [6, 6.07) is 16.1. The Morgan fingerprint density at radius 2 is 1.77 bits per heavy atom. The van der Waals surface area contributed by atoms with Gasteiger partial charge in [0.25, 0.3) is 0 Å². The highest BCUT2D eigenvalue weighted by Crippen LogP contribution is 2.35. The molecule has 0 aromatic heterocycles. The van der Waals surface area contributed by atoms with E-state index < -0.39 is 11.6 Å². The van der Waals surface area contributed by atoms with Gasteiger partial charge in [-0.25, -0.2) is 4.79 Å². The van der Waals surface area contributed by atoms with Crippen LogP contribution in [-0.2, 0) is 10.3 Å². The molecule has 4 nitrogen and oxygen atoms in total. The molecule has 22 heavy (non-hydrogen) atoms. The number of hydrogen-bond acceptors (Lipinski definition) is 4. The van der Waals surface area contributed by atoms with Gasteiger partial charge >= 0.3 is 5.97 Å². The number of phenolic OH excluding ortho intramolecular Hbond substituents is 1. The summed E-state index contributed by atoms with van der Waals surface area (Å²) in [6.45, 7) is 1.62. The number of hydrogen-bond donors (Lipinski definition) is 2. The van der Waals surface area contributed by atoms with Gasteiger partial charge in [0.05, 0.1) is 5.56 Å². The lowest BCUT2D eigenvalue weighted by molar-refractivity contribution is -0.0378. The Balaban J connectivity index is 1.89. The van der Waals surface area contributed by atoms with Gasteiger partial charge in [-0.3, -0.25) is 0 Å². The first kappa shape index (κ1) is 14.6. The second-order valence-corrected chi connectivity index (χ2v) is 5.55. The third-order valence-electron chi connectivity index (χ3n) is 4.08. The van der Waals surface area contributed by atoms with E-state index in [9.17, 15) is 9.90 Å². The number of ether oxygens (including phenoxy) is 1. The van der Waals surface area contributed by atoms with Crippen molar-refractivity contribution in [3.8, 4) is 5.75 Å². The largest absolute Gasteiger partial charge is 0.508 e. The molecule has 2 aromatic rings. The van der Waals surface area contributed by atoms with Gasteiger partial charge < -0.3 is 15.2 Å². The van der Waals surface area contributed by atoms with Crippen LogP contribution in [0.4, 0.5) is 0 Å². The average molecular weight is 297 g/mol. The molecule has 4 heteroatoms. The van der Waals surface area contributed by atoms with Crippen LogP contribution < -0.4 is 5.32 Å². The highest BCUT2D eigenvalue weighted by Gasteiger charge is 2.38. The first-order valence-electron chi connectivity index (χ1n) is 7.48. The maximum Gasteiger partial charge on any atom is 0.339 e. The van der Waals surface area contributed by atoms with Crippen molar-refractivity contribution >= 4 is 5.97 Å². The maximum atomic E-state index is 12.5. The van der Waals surface area contributed by atoms with E-state index in [2.05, 4.69) is 5.32 Å². The molecule has 2 aromatic carbocycles. The van der Waals surface area contributed by atoms with E-state index in [-0.39, 0.29) is 5.75 Å². The zero-order chi connectivity index (χ0) is 15.4. The summed E-state index contributed by atoms with van der Waals surface area (Å²) in [5.74, 6) is -0.338. The molecule has 0 radical (unpaired) electrons. The quantitative estimate of drug-likeness (QED) is 0.855. The van der Waals surface area contributed by atoms with E-state index in [1.807, 2.05) is 30.3 Å². The molecule has 0 amide bonds. The van der Waals surface area contributed by atoms with E-state index in [1.165, 1.54) is 12.1 Å². The number of carbonyl (C=O) groups excluding carboxylic acids is 1. The van der Waals surface area contributed by atoms with Crippen LogP contribution in [0.2, 0.25) is 0 Å². The molecule has 114 valence electrons. The van der Waals surface area contributed by atoms with Crippen LogP contribution in [0.15, 0.2) is 54.6 Å². The van der Waals surface area contributed by atoms with E-state index in [0.29, 0.717) is 5.56 Å². The molecule has 1 aliphatic rings. The van der Waals surface area contributed by atoms with Crippen molar-refractivity contribution in [2.75, 3.05) is 13.1 Å². The van der Waals surface area contributed by atoms with Crippen molar-refractivity contribution in [3.63, 3.8) is 0 Å². The predicted octanol–water partition coefficient (Wildman–Crippen LogP) is 2.83. The number of benzene rings is 2. The normalized spacial score (nSPS) is 16.9. The van der Waals surface area contributed by atoms with E-state index in [1.54, 1.807) is 12.1 Å². The summed E-state index contributed by atoms with van der Waals surface area (Å²) in [5.41, 5.74) is 0.786. The van der Waals surface area contributed by atoms with Crippen molar-refractivity contribution in [2.24, 2.45) is 0 Å². The Kier molecular flexibility index (Phi) is 4.11. The van der Waals surface area contributed by atoms with Gasteiger partial charge in [-0.15, -0.1) is 0 Å². The van der Waals surface area contributed by atoms with Crippen molar-refractivity contribution in [1.82, 2.24) is 5.32 Å². The average Bonchev–Trinajstić information content (AvgIpc) is 2.56. The standard InChI is InChI=1S/C18H19NO3/c20-16-8-4-5-14(13-16)17(21)22-18(9-11-19-12-10-18)15-6-2-1-3-7-15/h1-8,13,19-20H,9-12H2. The molecular formula is C18H19NO3.